The fourth-order valence-electron chi connectivity index (χ4n) is 1.87. The van der Waals surface area contributed by atoms with E-state index in [2.05, 4.69) is 11.8 Å². The Kier molecular flexibility index (Phi) is 5.45. The van der Waals surface area contributed by atoms with Gasteiger partial charge in [-0.2, -0.15) is 0 Å². The van der Waals surface area contributed by atoms with Gasteiger partial charge in [0.1, 0.15) is 0 Å². The largest absolute Gasteiger partial charge is 0.393 e. The van der Waals surface area contributed by atoms with Gasteiger partial charge in [-0.3, -0.25) is 4.90 Å². The molecule has 0 aromatic carbocycles. The molecule has 2 unspecified atom stereocenters. The van der Waals surface area contributed by atoms with Gasteiger partial charge in [0, 0.05) is 13.1 Å². The molecule has 0 aromatic heterocycles. The minimum absolute atomic E-state index is 0.140. The van der Waals surface area contributed by atoms with Gasteiger partial charge in [-0.15, -0.1) is 0 Å². The molecule has 1 saturated heterocycles. The van der Waals surface area contributed by atoms with Crippen molar-refractivity contribution in [3.05, 3.63) is 0 Å². The van der Waals surface area contributed by atoms with E-state index in [0.29, 0.717) is 6.10 Å². The minimum Gasteiger partial charge on any atom is -0.393 e. The van der Waals surface area contributed by atoms with Gasteiger partial charge >= 0.3 is 0 Å². The van der Waals surface area contributed by atoms with Gasteiger partial charge in [0.15, 0.2) is 0 Å². The van der Waals surface area contributed by atoms with E-state index >= 15 is 0 Å². The van der Waals surface area contributed by atoms with E-state index in [4.69, 9.17) is 9.84 Å². The van der Waals surface area contributed by atoms with Crippen LogP contribution in [0.4, 0.5) is 0 Å². The Morgan fingerprint density at radius 1 is 1.50 bits per heavy atom. The lowest BCUT2D eigenvalue weighted by Gasteiger charge is -2.31. The minimum atomic E-state index is -0.140. The highest BCUT2D eigenvalue weighted by Crippen LogP contribution is 2.07. The van der Waals surface area contributed by atoms with Crippen LogP contribution in [0.15, 0.2) is 0 Å². The van der Waals surface area contributed by atoms with Crippen LogP contribution in [0.5, 0.6) is 0 Å². The summed E-state index contributed by atoms with van der Waals surface area (Å²) in [6.45, 7) is 8.14. The van der Waals surface area contributed by atoms with Crippen molar-refractivity contribution in [3.63, 3.8) is 0 Å². The molecular formula is C11H23NO2. The number of morpholine rings is 1. The van der Waals surface area contributed by atoms with Crippen LogP contribution < -0.4 is 0 Å². The third-order valence-corrected chi connectivity index (χ3v) is 2.67. The third-order valence-electron chi connectivity index (χ3n) is 2.67. The van der Waals surface area contributed by atoms with E-state index < -0.39 is 0 Å². The molecule has 0 bridgehead atoms. The van der Waals surface area contributed by atoms with Gasteiger partial charge < -0.3 is 9.84 Å². The fourth-order valence-corrected chi connectivity index (χ4v) is 1.87. The Hall–Kier alpha value is -0.120. The highest BCUT2D eigenvalue weighted by Gasteiger charge is 2.15. The Bertz CT molecular complexity index is 150. The average molecular weight is 201 g/mol. The van der Waals surface area contributed by atoms with Crippen molar-refractivity contribution >= 4 is 0 Å². The van der Waals surface area contributed by atoms with Gasteiger partial charge in [-0.1, -0.05) is 0 Å². The zero-order chi connectivity index (χ0) is 10.4. The normalized spacial score (nSPS) is 26.4. The molecule has 3 heteroatoms. The summed E-state index contributed by atoms with van der Waals surface area (Å²) in [7, 11) is 0. The zero-order valence-corrected chi connectivity index (χ0v) is 9.41. The number of rotatable bonds is 5. The SMILES string of the molecule is CC(O)CCCCN1CCOC(C)C1. The van der Waals surface area contributed by atoms with Crippen molar-refractivity contribution in [1.29, 1.82) is 0 Å². The van der Waals surface area contributed by atoms with E-state index in [1.807, 2.05) is 6.92 Å². The lowest BCUT2D eigenvalue weighted by molar-refractivity contribution is -0.0188. The van der Waals surface area contributed by atoms with Crippen LogP contribution in [-0.2, 0) is 4.74 Å². The Balaban J connectivity index is 2.00. The number of nitrogens with zero attached hydrogens (tertiary/aromatic N) is 1. The average Bonchev–Trinajstić information content (AvgIpc) is 2.12. The fraction of sp³-hybridized carbons (Fsp3) is 1.00. The summed E-state index contributed by atoms with van der Waals surface area (Å²) < 4.78 is 5.47. The van der Waals surface area contributed by atoms with Gasteiger partial charge in [0.2, 0.25) is 0 Å². The Morgan fingerprint density at radius 3 is 2.93 bits per heavy atom. The number of aliphatic hydroxyl groups is 1. The number of hydrogen-bond donors (Lipinski definition) is 1. The number of unbranched alkanes of at least 4 members (excludes halogenated alkanes) is 1. The van der Waals surface area contributed by atoms with Crippen LogP contribution in [0.3, 0.4) is 0 Å². The molecule has 0 radical (unpaired) electrons. The van der Waals surface area contributed by atoms with E-state index in [0.717, 1.165) is 39.1 Å². The van der Waals surface area contributed by atoms with Crippen molar-refractivity contribution < 1.29 is 9.84 Å². The predicted octanol–water partition coefficient (Wildman–Crippen LogP) is 1.26. The first kappa shape index (κ1) is 12.0. The maximum absolute atomic E-state index is 9.10. The second kappa shape index (κ2) is 6.38. The molecular weight excluding hydrogens is 178 g/mol. The van der Waals surface area contributed by atoms with E-state index in [1.54, 1.807) is 0 Å². The van der Waals surface area contributed by atoms with Crippen LogP contribution >= 0.6 is 0 Å². The molecule has 1 N–H and O–H groups in total. The van der Waals surface area contributed by atoms with Crippen LogP contribution in [0.2, 0.25) is 0 Å². The van der Waals surface area contributed by atoms with Crippen LogP contribution in [-0.4, -0.2) is 48.5 Å². The number of aliphatic hydroxyl groups excluding tert-OH is 1. The lowest BCUT2D eigenvalue weighted by Crippen LogP contribution is -2.41. The lowest BCUT2D eigenvalue weighted by atomic mass is 10.1. The van der Waals surface area contributed by atoms with Crippen molar-refractivity contribution in [2.75, 3.05) is 26.2 Å². The molecule has 0 spiro atoms. The van der Waals surface area contributed by atoms with Crippen LogP contribution in [0.1, 0.15) is 33.1 Å². The summed E-state index contributed by atoms with van der Waals surface area (Å²) in [6, 6.07) is 0. The molecule has 1 fully saturated rings. The molecule has 1 aliphatic heterocycles. The maximum Gasteiger partial charge on any atom is 0.0674 e. The molecule has 1 rings (SSSR count). The second-order valence-electron chi connectivity index (χ2n) is 4.33. The van der Waals surface area contributed by atoms with Crippen molar-refractivity contribution in [3.8, 4) is 0 Å². The second-order valence-corrected chi connectivity index (χ2v) is 4.33. The van der Waals surface area contributed by atoms with E-state index in [-0.39, 0.29) is 6.10 Å². The molecule has 0 amide bonds. The van der Waals surface area contributed by atoms with Crippen LogP contribution in [0, 0.1) is 0 Å². The maximum atomic E-state index is 9.10. The Morgan fingerprint density at radius 2 is 2.29 bits per heavy atom. The van der Waals surface area contributed by atoms with Crippen molar-refractivity contribution in [2.24, 2.45) is 0 Å². The molecule has 1 heterocycles. The molecule has 0 aliphatic carbocycles. The summed E-state index contributed by atoms with van der Waals surface area (Å²) in [5, 5.41) is 9.10. The van der Waals surface area contributed by atoms with Gasteiger partial charge in [-0.25, -0.2) is 0 Å². The summed E-state index contributed by atoms with van der Waals surface area (Å²) in [5.74, 6) is 0. The molecule has 0 saturated carbocycles. The van der Waals surface area contributed by atoms with Gasteiger partial charge in [-0.05, 0) is 39.7 Å². The molecule has 1 aliphatic rings. The Labute approximate surface area is 87.1 Å². The van der Waals surface area contributed by atoms with Crippen LogP contribution in [0.25, 0.3) is 0 Å². The summed E-state index contributed by atoms with van der Waals surface area (Å²) in [6.07, 6.45) is 3.50. The topological polar surface area (TPSA) is 32.7 Å². The molecule has 3 nitrogen and oxygen atoms in total. The first-order chi connectivity index (χ1) is 6.68. The molecule has 2 atom stereocenters. The van der Waals surface area contributed by atoms with Gasteiger partial charge in [0.25, 0.3) is 0 Å². The van der Waals surface area contributed by atoms with E-state index in [9.17, 15) is 0 Å². The van der Waals surface area contributed by atoms with Gasteiger partial charge in [0.05, 0.1) is 18.8 Å². The van der Waals surface area contributed by atoms with E-state index in [1.165, 1.54) is 6.42 Å². The zero-order valence-electron chi connectivity index (χ0n) is 9.41. The molecule has 14 heavy (non-hydrogen) atoms. The van der Waals surface area contributed by atoms with Crippen molar-refractivity contribution in [2.45, 2.75) is 45.3 Å². The molecule has 84 valence electrons. The number of hydrogen-bond acceptors (Lipinski definition) is 3. The molecule has 0 aromatic rings. The van der Waals surface area contributed by atoms with Crippen molar-refractivity contribution in [1.82, 2.24) is 4.90 Å². The third kappa shape index (κ3) is 4.94. The summed E-state index contributed by atoms with van der Waals surface area (Å²) in [5.41, 5.74) is 0. The highest BCUT2D eigenvalue weighted by atomic mass is 16.5. The monoisotopic (exact) mass is 201 g/mol. The predicted molar refractivity (Wildman–Crippen MR) is 57.4 cm³/mol. The standard InChI is InChI=1S/C11H23NO2/c1-10(13)5-3-4-6-12-7-8-14-11(2)9-12/h10-11,13H,3-9H2,1-2H3. The first-order valence-corrected chi connectivity index (χ1v) is 5.70. The summed E-state index contributed by atoms with van der Waals surface area (Å²) >= 11 is 0. The highest BCUT2D eigenvalue weighted by molar-refractivity contribution is 4.67. The first-order valence-electron chi connectivity index (χ1n) is 5.70. The smallest absolute Gasteiger partial charge is 0.0674 e. The summed E-state index contributed by atoms with van der Waals surface area (Å²) in [4.78, 5) is 2.45. The quantitative estimate of drug-likeness (QED) is 0.680. The number of ether oxygens (including phenoxy) is 1.